The third kappa shape index (κ3) is 2.28. The smallest absolute Gasteiger partial charge is 0.177 e. The van der Waals surface area contributed by atoms with Crippen molar-refractivity contribution in [3.8, 4) is 0 Å². The molecule has 1 aromatic heterocycles. The lowest BCUT2D eigenvalue weighted by atomic mass is 10.4. The Balaban J connectivity index is 2.24. The van der Waals surface area contributed by atoms with Gasteiger partial charge in [0.2, 0.25) is 0 Å². The van der Waals surface area contributed by atoms with Crippen molar-refractivity contribution in [2.75, 3.05) is 24.2 Å². The summed E-state index contributed by atoms with van der Waals surface area (Å²) in [5.74, 6) is 0.875. The Morgan fingerprint density at radius 2 is 1.93 bits per heavy atom. The van der Waals surface area contributed by atoms with Crippen LogP contribution in [0.5, 0.6) is 0 Å². The van der Waals surface area contributed by atoms with E-state index < -0.39 is 9.84 Å². The lowest BCUT2D eigenvalue weighted by Crippen LogP contribution is -2.18. The molecule has 0 bridgehead atoms. The Morgan fingerprint density at radius 3 is 2.40 bits per heavy atom. The Kier molecular flexibility index (Phi) is 2.65. The highest BCUT2D eigenvalue weighted by Crippen LogP contribution is 2.18. The van der Waals surface area contributed by atoms with Crippen molar-refractivity contribution in [1.82, 2.24) is 4.98 Å². The zero-order valence-electron chi connectivity index (χ0n) is 8.68. The first-order valence-electron chi connectivity index (χ1n) is 4.98. The summed E-state index contributed by atoms with van der Waals surface area (Å²) >= 11 is 0. The molecule has 0 amide bonds. The van der Waals surface area contributed by atoms with Crippen LogP contribution < -0.4 is 4.90 Å². The molecule has 0 atom stereocenters. The minimum Gasteiger partial charge on any atom is -0.357 e. The van der Waals surface area contributed by atoms with Crippen LogP contribution in [0.2, 0.25) is 0 Å². The van der Waals surface area contributed by atoms with Gasteiger partial charge in [-0.15, -0.1) is 0 Å². The van der Waals surface area contributed by atoms with E-state index in [-0.39, 0.29) is 4.90 Å². The second-order valence-electron chi connectivity index (χ2n) is 3.82. The van der Waals surface area contributed by atoms with E-state index in [2.05, 4.69) is 9.88 Å². The molecule has 0 aromatic carbocycles. The first kappa shape index (κ1) is 10.4. The molecule has 2 rings (SSSR count). The summed E-state index contributed by atoms with van der Waals surface area (Å²) in [4.78, 5) is 6.63. The van der Waals surface area contributed by atoms with Crippen LogP contribution in [0.1, 0.15) is 12.8 Å². The van der Waals surface area contributed by atoms with Crippen LogP contribution in [0, 0.1) is 0 Å². The monoisotopic (exact) mass is 226 g/mol. The lowest BCUT2D eigenvalue weighted by molar-refractivity contribution is 0.601. The third-order valence-electron chi connectivity index (χ3n) is 2.58. The van der Waals surface area contributed by atoms with Gasteiger partial charge in [0.15, 0.2) is 9.84 Å². The summed E-state index contributed by atoms with van der Waals surface area (Å²) in [6.07, 6.45) is 5.01. The molecule has 0 aliphatic carbocycles. The predicted molar refractivity (Wildman–Crippen MR) is 58.8 cm³/mol. The quantitative estimate of drug-likeness (QED) is 0.757. The van der Waals surface area contributed by atoms with Gasteiger partial charge in [-0.3, -0.25) is 0 Å². The minimum atomic E-state index is -3.12. The molecule has 1 fully saturated rings. The summed E-state index contributed by atoms with van der Waals surface area (Å²) < 4.78 is 22.4. The molecule has 0 radical (unpaired) electrons. The first-order valence-corrected chi connectivity index (χ1v) is 6.87. The Morgan fingerprint density at radius 1 is 1.27 bits per heavy atom. The number of nitrogens with zero attached hydrogens (tertiary/aromatic N) is 2. The number of aromatic nitrogens is 1. The highest BCUT2D eigenvalue weighted by Gasteiger charge is 2.14. The maximum absolute atomic E-state index is 11.2. The Hall–Kier alpha value is -1.10. The first-order chi connectivity index (χ1) is 7.07. The molecule has 0 saturated carbocycles. The van der Waals surface area contributed by atoms with E-state index in [0.29, 0.717) is 0 Å². The zero-order chi connectivity index (χ0) is 10.9. The molecular weight excluding hydrogens is 212 g/mol. The van der Waals surface area contributed by atoms with Crippen molar-refractivity contribution in [3.63, 3.8) is 0 Å². The molecule has 4 nitrogen and oxygen atoms in total. The van der Waals surface area contributed by atoms with Gasteiger partial charge in [0.1, 0.15) is 5.82 Å². The normalized spacial score (nSPS) is 17.0. The maximum atomic E-state index is 11.2. The standard InChI is InChI=1S/C10H14N2O2S/c1-15(13,14)9-4-5-10(11-8-9)12-6-2-3-7-12/h4-5,8H,2-3,6-7H2,1H3. The van der Waals surface area contributed by atoms with Gasteiger partial charge in [-0.2, -0.15) is 0 Å². The van der Waals surface area contributed by atoms with Gasteiger partial charge in [0.25, 0.3) is 0 Å². The molecule has 1 saturated heterocycles. The second kappa shape index (κ2) is 3.81. The fraction of sp³-hybridized carbons (Fsp3) is 0.500. The van der Waals surface area contributed by atoms with Crippen LogP contribution in [0.4, 0.5) is 5.82 Å². The van der Waals surface area contributed by atoms with Crippen LogP contribution >= 0.6 is 0 Å². The number of hydrogen-bond donors (Lipinski definition) is 0. The fourth-order valence-corrected chi connectivity index (χ4v) is 2.28. The van der Waals surface area contributed by atoms with E-state index in [1.165, 1.54) is 25.3 Å². The summed E-state index contributed by atoms with van der Waals surface area (Å²) in [7, 11) is -3.12. The molecule has 0 spiro atoms. The van der Waals surface area contributed by atoms with E-state index in [4.69, 9.17) is 0 Å². The Labute approximate surface area is 89.9 Å². The van der Waals surface area contributed by atoms with Crippen LogP contribution in [0.3, 0.4) is 0 Å². The van der Waals surface area contributed by atoms with E-state index >= 15 is 0 Å². The molecule has 1 aliphatic heterocycles. The number of sulfone groups is 1. The molecule has 15 heavy (non-hydrogen) atoms. The number of anilines is 1. The molecule has 2 heterocycles. The average molecular weight is 226 g/mol. The number of hydrogen-bond acceptors (Lipinski definition) is 4. The topological polar surface area (TPSA) is 50.3 Å². The van der Waals surface area contributed by atoms with Gasteiger partial charge in [-0.25, -0.2) is 13.4 Å². The SMILES string of the molecule is CS(=O)(=O)c1ccc(N2CCCC2)nc1. The number of pyridine rings is 1. The van der Waals surface area contributed by atoms with Crippen molar-refractivity contribution in [3.05, 3.63) is 18.3 Å². The highest BCUT2D eigenvalue weighted by atomic mass is 32.2. The molecule has 1 aliphatic rings. The second-order valence-corrected chi connectivity index (χ2v) is 5.83. The van der Waals surface area contributed by atoms with Crippen molar-refractivity contribution >= 4 is 15.7 Å². The minimum absolute atomic E-state index is 0.283. The van der Waals surface area contributed by atoms with Crippen LogP contribution in [0.15, 0.2) is 23.2 Å². The molecule has 0 N–H and O–H groups in total. The van der Waals surface area contributed by atoms with E-state index in [1.54, 1.807) is 12.1 Å². The highest BCUT2D eigenvalue weighted by molar-refractivity contribution is 7.90. The summed E-state index contributed by atoms with van der Waals surface area (Å²) in [6.45, 7) is 2.04. The van der Waals surface area contributed by atoms with Gasteiger partial charge in [-0.05, 0) is 25.0 Å². The van der Waals surface area contributed by atoms with E-state index in [0.717, 1.165) is 18.9 Å². The zero-order valence-corrected chi connectivity index (χ0v) is 9.50. The van der Waals surface area contributed by atoms with Crippen molar-refractivity contribution in [1.29, 1.82) is 0 Å². The van der Waals surface area contributed by atoms with Crippen molar-refractivity contribution in [2.45, 2.75) is 17.7 Å². The van der Waals surface area contributed by atoms with E-state index in [9.17, 15) is 8.42 Å². The molecule has 1 aromatic rings. The van der Waals surface area contributed by atoms with Gasteiger partial charge in [0.05, 0.1) is 4.90 Å². The number of rotatable bonds is 2. The molecular formula is C10H14N2O2S. The molecule has 5 heteroatoms. The summed E-state index contributed by atoms with van der Waals surface area (Å²) in [6, 6.07) is 3.40. The van der Waals surface area contributed by atoms with Crippen molar-refractivity contribution < 1.29 is 8.42 Å². The lowest BCUT2D eigenvalue weighted by Gasteiger charge is -2.15. The van der Waals surface area contributed by atoms with Gasteiger partial charge in [0, 0.05) is 25.5 Å². The van der Waals surface area contributed by atoms with Gasteiger partial charge >= 0.3 is 0 Å². The molecule has 0 unspecified atom stereocenters. The largest absolute Gasteiger partial charge is 0.357 e. The predicted octanol–water partition coefficient (Wildman–Crippen LogP) is 1.09. The molecule has 82 valence electrons. The van der Waals surface area contributed by atoms with Gasteiger partial charge in [-0.1, -0.05) is 0 Å². The maximum Gasteiger partial charge on any atom is 0.177 e. The van der Waals surface area contributed by atoms with Crippen LogP contribution in [-0.4, -0.2) is 32.7 Å². The van der Waals surface area contributed by atoms with Crippen molar-refractivity contribution in [2.24, 2.45) is 0 Å². The fourth-order valence-electron chi connectivity index (χ4n) is 1.73. The third-order valence-corrected chi connectivity index (χ3v) is 3.68. The average Bonchev–Trinajstić information content (AvgIpc) is 2.69. The Bertz CT molecular complexity index is 433. The summed E-state index contributed by atoms with van der Waals surface area (Å²) in [5, 5.41) is 0. The van der Waals surface area contributed by atoms with E-state index in [1.807, 2.05) is 0 Å². The van der Waals surface area contributed by atoms with Crippen LogP contribution in [0.25, 0.3) is 0 Å². The van der Waals surface area contributed by atoms with Crippen LogP contribution in [-0.2, 0) is 9.84 Å². The summed E-state index contributed by atoms with van der Waals surface area (Å²) in [5.41, 5.74) is 0. The van der Waals surface area contributed by atoms with Gasteiger partial charge < -0.3 is 4.90 Å².